The number of hydrogen-bond donors (Lipinski definition) is 3. The van der Waals surface area contributed by atoms with Gasteiger partial charge in [-0.25, -0.2) is 23.5 Å². The van der Waals surface area contributed by atoms with E-state index in [1.807, 2.05) is 37.3 Å². The molecule has 58 heavy (non-hydrogen) atoms. The molecule has 13 nitrogen and oxygen atoms in total. The van der Waals surface area contributed by atoms with Gasteiger partial charge in [-0.15, -0.1) is 11.8 Å². The molecule has 0 saturated heterocycles. The van der Waals surface area contributed by atoms with E-state index in [1.54, 1.807) is 49.7 Å². The summed E-state index contributed by atoms with van der Waals surface area (Å²) in [5, 5.41) is 15.4. The molecule has 4 atom stereocenters. The average molecular weight is 838 g/mol. The SMILES string of the molecule is CCCC1C=CCn2c(=O)n(-c3ccc(OCC4=CC(CC(=O)NCCCCCNC(=O)C(CCCC(SC(C)=S)C(C)=O)CC(C)(C)C(=O)O)C=C4)cc3)c(=O)n21. The minimum Gasteiger partial charge on any atom is -0.489 e. The number of nitrogens with zero attached hydrogens (tertiary/aromatic N) is 3. The Morgan fingerprint density at radius 3 is 2.34 bits per heavy atom. The van der Waals surface area contributed by atoms with Crippen LogP contribution in [-0.4, -0.2) is 71.7 Å². The van der Waals surface area contributed by atoms with Gasteiger partial charge in [-0.2, -0.15) is 0 Å². The van der Waals surface area contributed by atoms with Crippen LogP contribution >= 0.6 is 24.0 Å². The van der Waals surface area contributed by atoms with Crippen LogP contribution in [0.1, 0.15) is 105 Å². The van der Waals surface area contributed by atoms with E-state index in [2.05, 4.69) is 10.6 Å². The van der Waals surface area contributed by atoms with Gasteiger partial charge in [-0.05, 0) is 102 Å². The van der Waals surface area contributed by atoms with Crippen molar-refractivity contribution in [2.75, 3.05) is 19.7 Å². The fraction of sp³-hybridized carbons (Fsp3) is 0.558. The molecule has 4 unspecified atom stereocenters. The first-order valence-electron chi connectivity index (χ1n) is 20.3. The van der Waals surface area contributed by atoms with Gasteiger partial charge in [-0.3, -0.25) is 19.2 Å². The third-order valence-electron chi connectivity index (χ3n) is 10.5. The summed E-state index contributed by atoms with van der Waals surface area (Å²) < 4.78 is 10.9. The number of aliphatic carboxylic acids is 1. The number of unbranched alkanes of at least 4 members (excludes halogenated alkanes) is 2. The van der Waals surface area contributed by atoms with Crippen molar-refractivity contribution in [2.45, 2.75) is 117 Å². The van der Waals surface area contributed by atoms with E-state index in [0.29, 0.717) is 67.6 Å². The molecule has 0 saturated carbocycles. The fourth-order valence-corrected chi connectivity index (χ4v) is 8.45. The van der Waals surface area contributed by atoms with Crippen LogP contribution in [0.5, 0.6) is 5.75 Å². The molecule has 3 N–H and O–H groups in total. The molecule has 2 heterocycles. The van der Waals surface area contributed by atoms with Crippen LogP contribution in [0.15, 0.2) is 69.8 Å². The lowest BCUT2D eigenvalue weighted by molar-refractivity contribution is -0.148. The average Bonchev–Trinajstić information content (AvgIpc) is 3.73. The number of hydrogen-bond acceptors (Lipinski definition) is 9. The number of nitrogens with one attached hydrogen (secondary N) is 2. The Bertz CT molecular complexity index is 1990. The molecule has 2 amide bonds. The Kier molecular flexibility index (Phi) is 17.5. The van der Waals surface area contributed by atoms with Crippen LogP contribution in [0.25, 0.3) is 5.69 Å². The van der Waals surface area contributed by atoms with Crippen molar-refractivity contribution in [1.29, 1.82) is 0 Å². The second kappa shape index (κ2) is 22.0. The van der Waals surface area contributed by atoms with Crippen LogP contribution in [0.2, 0.25) is 0 Å². The highest BCUT2D eigenvalue weighted by molar-refractivity contribution is 8.23. The van der Waals surface area contributed by atoms with Crippen molar-refractivity contribution in [2.24, 2.45) is 17.3 Å². The van der Waals surface area contributed by atoms with Crippen LogP contribution in [-0.2, 0) is 25.7 Å². The van der Waals surface area contributed by atoms with E-state index in [4.69, 9.17) is 17.0 Å². The second-order valence-electron chi connectivity index (χ2n) is 15.8. The first-order chi connectivity index (χ1) is 27.6. The molecule has 316 valence electrons. The lowest BCUT2D eigenvalue weighted by Gasteiger charge is -2.26. The predicted molar refractivity (Wildman–Crippen MR) is 232 cm³/mol. The molecule has 1 aliphatic heterocycles. The van der Waals surface area contributed by atoms with E-state index in [1.165, 1.54) is 27.9 Å². The number of ketones is 1. The highest BCUT2D eigenvalue weighted by Crippen LogP contribution is 2.30. The zero-order valence-electron chi connectivity index (χ0n) is 34.4. The lowest BCUT2D eigenvalue weighted by Crippen LogP contribution is -2.36. The molecular weight excluding hydrogens is 779 g/mol. The Labute approximate surface area is 350 Å². The topological polar surface area (TPSA) is 171 Å². The van der Waals surface area contributed by atoms with E-state index >= 15 is 0 Å². The summed E-state index contributed by atoms with van der Waals surface area (Å²) in [5.41, 5.74) is -0.363. The smallest absolute Gasteiger partial charge is 0.352 e. The summed E-state index contributed by atoms with van der Waals surface area (Å²) in [6.45, 7) is 10.3. The van der Waals surface area contributed by atoms with Crippen LogP contribution in [0, 0.1) is 17.3 Å². The zero-order chi connectivity index (χ0) is 42.4. The van der Waals surface area contributed by atoms with E-state index < -0.39 is 17.3 Å². The molecule has 1 aromatic heterocycles. The third-order valence-corrected chi connectivity index (χ3v) is 11.9. The van der Waals surface area contributed by atoms with Gasteiger partial charge in [0.25, 0.3) is 0 Å². The summed E-state index contributed by atoms with van der Waals surface area (Å²) in [6.07, 6.45) is 15.9. The van der Waals surface area contributed by atoms with Gasteiger partial charge in [0.05, 0.1) is 28.9 Å². The number of Topliss-reactive ketones (excluding diaryl/α,β-unsaturated/α-hetero) is 1. The number of thiocarbonyl (C=S) groups is 1. The number of carboxylic acids is 1. The molecular formula is C43H59N5O8S2. The number of rotatable bonds is 24. The van der Waals surface area contributed by atoms with Gasteiger partial charge < -0.3 is 20.5 Å². The lowest BCUT2D eigenvalue weighted by atomic mass is 9.80. The molecule has 1 aliphatic carbocycles. The number of thioether (sulfide) groups is 1. The first kappa shape index (κ1) is 46.2. The molecule has 0 fully saturated rings. The van der Waals surface area contributed by atoms with E-state index in [-0.39, 0.29) is 52.6 Å². The molecule has 0 spiro atoms. The quantitative estimate of drug-likeness (QED) is 0.0618. The van der Waals surface area contributed by atoms with Crippen molar-refractivity contribution in [3.63, 3.8) is 0 Å². The van der Waals surface area contributed by atoms with Crippen molar-refractivity contribution in [3.05, 3.63) is 81.2 Å². The summed E-state index contributed by atoms with van der Waals surface area (Å²) >= 11 is 6.52. The number of carboxylic acid groups (broad SMARTS) is 1. The zero-order valence-corrected chi connectivity index (χ0v) is 36.0. The number of carbonyl (C=O) groups is 4. The number of carbonyl (C=O) groups excluding carboxylic acids is 3. The number of amides is 2. The van der Waals surface area contributed by atoms with Crippen LogP contribution < -0.4 is 26.7 Å². The van der Waals surface area contributed by atoms with Gasteiger partial charge in [-0.1, -0.05) is 62.4 Å². The van der Waals surface area contributed by atoms with E-state index in [0.717, 1.165) is 37.7 Å². The second-order valence-corrected chi connectivity index (χ2v) is 18.1. The largest absolute Gasteiger partial charge is 0.489 e. The highest BCUT2D eigenvalue weighted by atomic mass is 32.2. The van der Waals surface area contributed by atoms with Gasteiger partial charge in [0, 0.05) is 35.5 Å². The molecule has 0 bridgehead atoms. The van der Waals surface area contributed by atoms with Crippen molar-refractivity contribution < 1.29 is 29.0 Å². The molecule has 2 aromatic rings. The first-order valence-corrected chi connectivity index (χ1v) is 21.6. The predicted octanol–water partition coefficient (Wildman–Crippen LogP) is 6.32. The summed E-state index contributed by atoms with van der Waals surface area (Å²) in [4.78, 5) is 76.0. The van der Waals surface area contributed by atoms with Gasteiger partial charge in [0.15, 0.2) is 0 Å². The number of fused-ring (bicyclic) bond motifs is 1. The molecule has 1 aromatic carbocycles. The number of benzene rings is 1. The van der Waals surface area contributed by atoms with Gasteiger partial charge >= 0.3 is 17.3 Å². The summed E-state index contributed by atoms with van der Waals surface area (Å²) in [5.74, 6) is -1.10. The number of allylic oxidation sites excluding steroid dienone is 4. The molecule has 2 aliphatic rings. The van der Waals surface area contributed by atoms with Crippen molar-refractivity contribution in [3.8, 4) is 11.4 Å². The number of ether oxygens (including phenoxy) is 1. The van der Waals surface area contributed by atoms with Gasteiger partial charge in [0.1, 0.15) is 18.1 Å². The molecule has 0 radical (unpaired) electrons. The maximum Gasteiger partial charge on any atom is 0.352 e. The Balaban J connectivity index is 1.14. The Morgan fingerprint density at radius 2 is 1.69 bits per heavy atom. The Morgan fingerprint density at radius 1 is 0.983 bits per heavy atom. The number of aromatic nitrogens is 3. The summed E-state index contributed by atoms with van der Waals surface area (Å²) in [7, 11) is 0. The third kappa shape index (κ3) is 13.3. The van der Waals surface area contributed by atoms with Gasteiger partial charge in [0.2, 0.25) is 11.8 Å². The minimum atomic E-state index is -1.07. The Hall–Kier alpha value is -4.50. The fourth-order valence-electron chi connectivity index (χ4n) is 7.25. The van der Waals surface area contributed by atoms with Crippen molar-refractivity contribution in [1.82, 2.24) is 24.6 Å². The van der Waals surface area contributed by atoms with Crippen LogP contribution in [0.4, 0.5) is 0 Å². The molecule has 4 rings (SSSR count). The molecule has 15 heteroatoms. The normalized spacial score (nSPS) is 16.9. The minimum absolute atomic E-state index is 0.0348. The van der Waals surface area contributed by atoms with Crippen molar-refractivity contribution >= 4 is 51.7 Å². The monoisotopic (exact) mass is 837 g/mol. The van der Waals surface area contributed by atoms with Crippen LogP contribution in [0.3, 0.4) is 0 Å². The highest BCUT2D eigenvalue weighted by Gasteiger charge is 2.34. The maximum atomic E-state index is 13.2. The standard InChI is InChI=1S/C43H59N5O8S2/c1-6-12-35-14-11-24-46-41(54)47(42(55)48(35)46)34-18-20-36(21-19-34)56-28-32-17-16-31(25-32)26-38(50)44-22-8-7-9-23-45-39(51)33(27-43(4,5)40(52)53)13-10-15-37(29(2)49)58-30(3)57/h11,14,16-21,25,31,33,35,37H,6-10,12-13,15,22-24,26-28H2,1-5H3,(H,44,50)(H,45,51)(H,52,53). The summed E-state index contributed by atoms with van der Waals surface area (Å²) in [6, 6.07) is 6.75. The van der Waals surface area contributed by atoms with E-state index in [9.17, 15) is 33.9 Å². The maximum absolute atomic E-state index is 13.2.